The minimum Gasteiger partial charge on any atom is -0.357 e. The Hall–Kier alpha value is -1.98. The zero-order valence-corrected chi connectivity index (χ0v) is 17.2. The highest BCUT2D eigenvalue weighted by atomic mass is 35.5. The summed E-state index contributed by atoms with van der Waals surface area (Å²) in [6.07, 6.45) is 0.715. The summed E-state index contributed by atoms with van der Waals surface area (Å²) in [6.45, 7) is 2.28. The van der Waals surface area contributed by atoms with Crippen LogP contribution in [0.4, 0.5) is 0 Å². The molecule has 2 aromatic rings. The molecule has 0 spiro atoms. The average molecular weight is 405 g/mol. The van der Waals surface area contributed by atoms with E-state index in [2.05, 4.69) is 5.32 Å². The number of nitrogens with one attached hydrogen (secondary N) is 1. The SMILES string of the molecule is CNC(=O)[C@@H](C)N(CCc1ccccc1)C(=O)CSCc1cccc(Cl)c1. The van der Waals surface area contributed by atoms with Crippen LogP contribution in [0, 0.1) is 0 Å². The van der Waals surface area contributed by atoms with Gasteiger partial charge in [-0.1, -0.05) is 54.1 Å². The van der Waals surface area contributed by atoms with E-state index in [0.29, 0.717) is 29.5 Å². The fourth-order valence-corrected chi connectivity index (χ4v) is 3.82. The van der Waals surface area contributed by atoms with Gasteiger partial charge in [0.25, 0.3) is 0 Å². The number of carbonyl (C=O) groups excluding carboxylic acids is 2. The van der Waals surface area contributed by atoms with Gasteiger partial charge in [0.1, 0.15) is 6.04 Å². The molecule has 0 bridgehead atoms. The molecule has 0 saturated heterocycles. The van der Waals surface area contributed by atoms with Crippen molar-refractivity contribution in [1.82, 2.24) is 10.2 Å². The highest BCUT2D eigenvalue weighted by Crippen LogP contribution is 2.17. The highest BCUT2D eigenvalue weighted by Gasteiger charge is 2.24. The number of thioether (sulfide) groups is 1. The third-order valence-corrected chi connectivity index (χ3v) is 5.50. The molecule has 0 aliphatic carbocycles. The van der Waals surface area contributed by atoms with Gasteiger partial charge in [-0.15, -0.1) is 11.8 Å². The van der Waals surface area contributed by atoms with E-state index in [1.54, 1.807) is 18.9 Å². The first-order valence-electron chi connectivity index (χ1n) is 8.88. The summed E-state index contributed by atoms with van der Waals surface area (Å²) >= 11 is 7.53. The fraction of sp³-hybridized carbons (Fsp3) is 0.333. The van der Waals surface area contributed by atoms with Crippen molar-refractivity contribution >= 4 is 35.2 Å². The molecule has 0 aromatic heterocycles. The predicted octanol–water partition coefficient (Wildman–Crippen LogP) is 3.78. The van der Waals surface area contributed by atoms with Crippen molar-refractivity contribution in [3.63, 3.8) is 0 Å². The van der Waals surface area contributed by atoms with E-state index in [4.69, 9.17) is 11.6 Å². The van der Waals surface area contributed by atoms with E-state index in [0.717, 1.165) is 11.1 Å². The molecular formula is C21H25ClN2O2S. The lowest BCUT2D eigenvalue weighted by molar-refractivity contribution is -0.137. The monoisotopic (exact) mass is 404 g/mol. The van der Waals surface area contributed by atoms with Crippen LogP contribution in [0.25, 0.3) is 0 Å². The third-order valence-electron chi connectivity index (χ3n) is 4.28. The number of nitrogens with zero attached hydrogens (tertiary/aromatic N) is 1. The normalized spacial score (nSPS) is 11.7. The molecule has 27 heavy (non-hydrogen) atoms. The first-order valence-corrected chi connectivity index (χ1v) is 10.4. The zero-order valence-electron chi connectivity index (χ0n) is 15.7. The van der Waals surface area contributed by atoms with Gasteiger partial charge in [0.2, 0.25) is 11.8 Å². The van der Waals surface area contributed by atoms with Crippen LogP contribution >= 0.6 is 23.4 Å². The largest absolute Gasteiger partial charge is 0.357 e. The minimum absolute atomic E-state index is 0.0333. The van der Waals surface area contributed by atoms with Gasteiger partial charge >= 0.3 is 0 Å². The quantitative estimate of drug-likeness (QED) is 0.691. The van der Waals surface area contributed by atoms with Gasteiger partial charge in [-0.05, 0) is 36.6 Å². The molecule has 0 saturated carbocycles. The zero-order chi connectivity index (χ0) is 19.6. The van der Waals surface area contributed by atoms with E-state index in [-0.39, 0.29) is 11.8 Å². The summed E-state index contributed by atoms with van der Waals surface area (Å²) in [7, 11) is 1.59. The predicted molar refractivity (Wildman–Crippen MR) is 113 cm³/mol. The van der Waals surface area contributed by atoms with Gasteiger partial charge < -0.3 is 10.2 Å². The molecule has 0 heterocycles. The van der Waals surface area contributed by atoms with Crippen LogP contribution < -0.4 is 5.32 Å². The van der Waals surface area contributed by atoms with E-state index < -0.39 is 6.04 Å². The second-order valence-electron chi connectivity index (χ2n) is 6.24. The maximum Gasteiger partial charge on any atom is 0.242 e. The number of benzene rings is 2. The number of hydrogen-bond donors (Lipinski definition) is 1. The van der Waals surface area contributed by atoms with Crippen LogP contribution in [0.2, 0.25) is 5.02 Å². The van der Waals surface area contributed by atoms with Crippen molar-refractivity contribution < 1.29 is 9.59 Å². The van der Waals surface area contributed by atoms with Crippen LogP contribution in [0.5, 0.6) is 0 Å². The lowest BCUT2D eigenvalue weighted by Gasteiger charge is -2.28. The number of hydrogen-bond acceptors (Lipinski definition) is 3. The van der Waals surface area contributed by atoms with Crippen LogP contribution in [-0.2, 0) is 21.8 Å². The van der Waals surface area contributed by atoms with Crippen molar-refractivity contribution in [2.24, 2.45) is 0 Å². The summed E-state index contributed by atoms with van der Waals surface area (Å²) in [5.41, 5.74) is 2.22. The summed E-state index contributed by atoms with van der Waals surface area (Å²) in [6, 6.07) is 17.1. The van der Waals surface area contributed by atoms with Gasteiger partial charge in [0, 0.05) is 24.4 Å². The molecule has 2 amide bonds. The Kier molecular flexibility index (Phi) is 8.69. The lowest BCUT2D eigenvalue weighted by atomic mass is 10.1. The lowest BCUT2D eigenvalue weighted by Crippen LogP contribution is -2.48. The van der Waals surface area contributed by atoms with Crippen LogP contribution in [0.15, 0.2) is 54.6 Å². The highest BCUT2D eigenvalue weighted by molar-refractivity contribution is 7.99. The molecule has 6 heteroatoms. The number of amides is 2. The minimum atomic E-state index is -0.502. The van der Waals surface area contributed by atoms with Crippen molar-refractivity contribution in [3.05, 3.63) is 70.7 Å². The molecule has 0 fully saturated rings. The second kappa shape index (κ2) is 11.0. The second-order valence-corrected chi connectivity index (χ2v) is 7.66. The van der Waals surface area contributed by atoms with Crippen molar-refractivity contribution in [2.45, 2.75) is 25.1 Å². The maximum atomic E-state index is 12.8. The maximum absolute atomic E-state index is 12.8. The molecule has 1 atom stereocenters. The molecule has 0 unspecified atom stereocenters. The van der Waals surface area contributed by atoms with E-state index in [1.807, 2.05) is 54.6 Å². The Morgan fingerprint density at radius 2 is 1.81 bits per heavy atom. The fourth-order valence-electron chi connectivity index (χ4n) is 2.74. The number of likely N-dealkylation sites (N-methyl/N-ethyl adjacent to an activating group) is 1. The molecule has 144 valence electrons. The van der Waals surface area contributed by atoms with Crippen molar-refractivity contribution in [3.8, 4) is 0 Å². The molecule has 2 rings (SSSR count). The first-order chi connectivity index (χ1) is 13.0. The smallest absolute Gasteiger partial charge is 0.242 e. The summed E-state index contributed by atoms with van der Waals surface area (Å²) in [4.78, 5) is 26.5. The summed E-state index contributed by atoms with van der Waals surface area (Å²) in [5.74, 6) is 0.834. The van der Waals surface area contributed by atoms with Crippen molar-refractivity contribution in [2.75, 3.05) is 19.3 Å². The summed E-state index contributed by atoms with van der Waals surface area (Å²) < 4.78 is 0. The number of carbonyl (C=O) groups is 2. The molecular weight excluding hydrogens is 380 g/mol. The summed E-state index contributed by atoms with van der Waals surface area (Å²) in [5, 5.41) is 3.32. The van der Waals surface area contributed by atoms with Gasteiger partial charge in [-0.2, -0.15) is 0 Å². The number of halogens is 1. The van der Waals surface area contributed by atoms with Gasteiger partial charge in [0.15, 0.2) is 0 Å². The number of rotatable bonds is 9. The van der Waals surface area contributed by atoms with Gasteiger partial charge in [0.05, 0.1) is 5.75 Å². The Morgan fingerprint density at radius 1 is 1.11 bits per heavy atom. The van der Waals surface area contributed by atoms with Crippen LogP contribution in [0.1, 0.15) is 18.1 Å². The molecule has 0 radical (unpaired) electrons. The molecule has 4 nitrogen and oxygen atoms in total. The van der Waals surface area contributed by atoms with E-state index in [1.165, 1.54) is 11.8 Å². The Bertz CT molecular complexity index is 755. The topological polar surface area (TPSA) is 49.4 Å². The first kappa shape index (κ1) is 21.3. The van der Waals surface area contributed by atoms with Crippen molar-refractivity contribution in [1.29, 1.82) is 0 Å². The van der Waals surface area contributed by atoms with E-state index in [9.17, 15) is 9.59 Å². The van der Waals surface area contributed by atoms with Crippen LogP contribution in [0.3, 0.4) is 0 Å². The third kappa shape index (κ3) is 6.92. The Morgan fingerprint density at radius 3 is 2.48 bits per heavy atom. The Labute approximate surface area is 170 Å². The molecule has 0 aliphatic heterocycles. The molecule has 1 N–H and O–H groups in total. The van der Waals surface area contributed by atoms with E-state index >= 15 is 0 Å². The molecule has 2 aromatic carbocycles. The van der Waals surface area contributed by atoms with Gasteiger partial charge in [-0.25, -0.2) is 0 Å². The van der Waals surface area contributed by atoms with Gasteiger partial charge in [-0.3, -0.25) is 9.59 Å². The molecule has 0 aliphatic rings. The standard InChI is InChI=1S/C21H25ClN2O2S/c1-16(21(26)23-2)24(12-11-17-7-4-3-5-8-17)20(25)15-27-14-18-9-6-10-19(22)13-18/h3-10,13,16H,11-12,14-15H2,1-2H3,(H,23,26)/t16-/m1/s1. The average Bonchev–Trinajstić information content (AvgIpc) is 2.68. The van der Waals surface area contributed by atoms with Crippen LogP contribution in [-0.4, -0.2) is 42.1 Å². The Balaban J connectivity index is 1.96.